The van der Waals surface area contributed by atoms with Gasteiger partial charge >= 0.3 is 6.09 Å². The van der Waals surface area contributed by atoms with Crippen molar-refractivity contribution in [2.75, 3.05) is 26.2 Å². The third-order valence-corrected chi connectivity index (χ3v) is 5.63. The van der Waals surface area contributed by atoms with E-state index >= 15 is 0 Å². The molecule has 6 nitrogen and oxygen atoms in total. The lowest BCUT2D eigenvalue weighted by atomic mass is 9.77. The van der Waals surface area contributed by atoms with Crippen molar-refractivity contribution in [2.45, 2.75) is 64.6 Å². The highest BCUT2D eigenvalue weighted by Crippen LogP contribution is 2.38. The fraction of sp³-hybridized carbons (Fsp3) is 0.636. The van der Waals surface area contributed by atoms with Crippen LogP contribution in [0.3, 0.4) is 0 Å². The molecule has 1 N–H and O–H groups in total. The minimum atomic E-state index is -0.489. The molecule has 0 unspecified atom stereocenters. The third-order valence-electron chi connectivity index (χ3n) is 5.63. The second kappa shape index (κ2) is 8.11. The summed E-state index contributed by atoms with van der Waals surface area (Å²) < 4.78 is 5.54. The Bertz CT molecular complexity index is 728. The molecule has 2 heterocycles. The van der Waals surface area contributed by atoms with Crippen molar-refractivity contribution in [3.8, 4) is 0 Å². The van der Waals surface area contributed by atoms with E-state index < -0.39 is 5.60 Å². The number of nitrogens with zero attached hydrogens (tertiary/aromatic N) is 2. The number of hydrogen-bond donors (Lipinski definition) is 1. The van der Waals surface area contributed by atoms with Gasteiger partial charge in [-0.05, 0) is 52.5 Å². The summed E-state index contributed by atoms with van der Waals surface area (Å²) in [6, 6.07) is 8.17. The predicted molar refractivity (Wildman–Crippen MR) is 109 cm³/mol. The molecule has 1 aromatic rings. The van der Waals surface area contributed by atoms with Gasteiger partial charge in [0.05, 0.1) is 6.54 Å². The van der Waals surface area contributed by atoms with Gasteiger partial charge in [0.15, 0.2) is 0 Å². The van der Waals surface area contributed by atoms with Crippen LogP contribution in [-0.2, 0) is 16.1 Å². The van der Waals surface area contributed by atoms with Crippen molar-refractivity contribution in [3.63, 3.8) is 0 Å². The maximum atomic E-state index is 12.5. The lowest BCUT2D eigenvalue weighted by molar-refractivity contribution is -0.130. The Morgan fingerprint density at radius 1 is 1.21 bits per heavy atom. The molecule has 2 aliphatic rings. The van der Waals surface area contributed by atoms with Crippen LogP contribution < -0.4 is 5.32 Å². The molecule has 1 spiro atoms. The molecule has 0 aliphatic carbocycles. The van der Waals surface area contributed by atoms with Crippen molar-refractivity contribution in [3.05, 3.63) is 35.4 Å². The predicted octanol–water partition coefficient (Wildman–Crippen LogP) is 3.09. The molecule has 3 rings (SSSR count). The van der Waals surface area contributed by atoms with Gasteiger partial charge in [0.2, 0.25) is 5.91 Å². The first kappa shape index (κ1) is 20.6. The first-order valence-corrected chi connectivity index (χ1v) is 10.2. The standard InChI is InChI=1S/C22H33N3O3/c1-17-7-5-8-18(13-17)14-23-19(26)15-25-12-10-22(25)9-6-11-24(16-22)20(27)28-21(2,3)4/h5,7-8,13H,6,9-12,14-16H2,1-4H3,(H,23,26)/t22-/m1/s1. The molecular weight excluding hydrogens is 354 g/mol. The van der Waals surface area contributed by atoms with Crippen LogP contribution in [0.4, 0.5) is 4.79 Å². The van der Waals surface area contributed by atoms with Gasteiger partial charge in [-0.2, -0.15) is 0 Å². The summed E-state index contributed by atoms with van der Waals surface area (Å²) in [5.74, 6) is 0.0370. The highest BCUT2D eigenvalue weighted by molar-refractivity contribution is 5.78. The SMILES string of the molecule is Cc1cccc(CNC(=O)CN2CC[C@@]23CCCN(C(=O)OC(C)(C)C)C3)c1. The number of piperidine rings is 1. The van der Waals surface area contributed by atoms with Gasteiger partial charge in [0, 0.05) is 31.7 Å². The van der Waals surface area contributed by atoms with Gasteiger partial charge in [-0.25, -0.2) is 4.79 Å². The first-order chi connectivity index (χ1) is 13.2. The summed E-state index contributed by atoms with van der Waals surface area (Å²) >= 11 is 0. The maximum Gasteiger partial charge on any atom is 0.410 e. The number of rotatable bonds is 4. The average Bonchev–Trinajstić information content (AvgIpc) is 2.62. The minimum Gasteiger partial charge on any atom is -0.444 e. The number of ether oxygens (including phenoxy) is 1. The zero-order valence-electron chi connectivity index (χ0n) is 17.6. The fourth-order valence-corrected chi connectivity index (χ4v) is 4.14. The largest absolute Gasteiger partial charge is 0.444 e. The molecule has 0 bridgehead atoms. The van der Waals surface area contributed by atoms with E-state index in [1.165, 1.54) is 5.56 Å². The van der Waals surface area contributed by atoms with Crippen molar-refractivity contribution in [1.29, 1.82) is 0 Å². The summed E-state index contributed by atoms with van der Waals surface area (Å²) in [5, 5.41) is 3.03. The Morgan fingerprint density at radius 2 is 2.00 bits per heavy atom. The Kier molecular flexibility index (Phi) is 5.98. The summed E-state index contributed by atoms with van der Waals surface area (Å²) in [6.07, 6.45) is 2.75. The van der Waals surface area contributed by atoms with Gasteiger partial charge in [0.1, 0.15) is 5.60 Å². The Hall–Kier alpha value is -2.08. The normalized spacial score (nSPS) is 22.6. The topological polar surface area (TPSA) is 61.9 Å². The molecule has 1 aromatic carbocycles. The van der Waals surface area contributed by atoms with Crippen LogP contribution in [0.5, 0.6) is 0 Å². The second-order valence-electron chi connectivity index (χ2n) is 9.17. The molecular formula is C22H33N3O3. The van der Waals surface area contributed by atoms with E-state index in [2.05, 4.69) is 29.3 Å². The monoisotopic (exact) mass is 387 g/mol. The molecule has 2 fully saturated rings. The van der Waals surface area contributed by atoms with Gasteiger partial charge in [-0.15, -0.1) is 0 Å². The molecule has 2 saturated heterocycles. The zero-order chi connectivity index (χ0) is 20.4. The second-order valence-corrected chi connectivity index (χ2v) is 9.17. The van der Waals surface area contributed by atoms with Gasteiger partial charge in [-0.3, -0.25) is 9.69 Å². The molecule has 2 amide bonds. The number of carbonyl (C=O) groups excluding carboxylic acids is 2. The third kappa shape index (κ3) is 5.04. The highest BCUT2D eigenvalue weighted by Gasteiger charge is 2.48. The minimum absolute atomic E-state index is 0.0370. The lowest BCUT2D eigenvalue weighted by Crippen LogP contribution is -2.68. The van der Waals surface area contributed by atoms with Gasteiger partial charge in [-0.1, -0.05) is 29.8 Å². The van der Waals surface area contributed by atoms with Crippen molar-refractivity contribution < 1.29 is 14.3 Å². The maximum absolute atomic E-state index is 12.5. The number of amides is 2. The first-order valence-electron chi connectivity index (χ1n) is 10.2. The van der Waals surface area contributed by atoms with E-state index in [0.29, 0.717) is 19.6 Å². The van der Waals surface area contributed by atoms with E-state index in [9.17, 15) is 9.59 Å². The zero-order valence-corrected chi connectivity index (χ0v) is 17.6. The van der Waals surface area contributed by atoms with Crippen LogP contribution in [0.15, 0.2) is 24.3 Å². The van der Waals surface area contributed by atoms with E-state index in [4.69, 9.17) is 4.74 Å². The number of likely N-dealkylation sites (tertiary alicyclic amines) is 2. The lowest BCUT2D eigenvalue weighted by Gasteiger charge is -2.56. The number of hydrogen-bond acceptors (Lipinski definition) is 4. The quantitative estimate of drug-likeness (QED) is 0.862. The Balaban J connectivity index is 1.52. The molecule has 0 radical (unpaired) electrons. The molecule has 154 valence electrons. The van der Waals surface area contributed by atoms with Crippen molar-refractivity contribution in [1.82, 2.24) is 15.1 Å². The smallest absolute Gasteiger partial charge is 0.410 e. The van der Waals surface area contributed by atoms with Gasteiger partial charge < -0.3 is 15.0 Å². The average molecular weight is 388 g/mol. The Morgan fingerprint density at radius 3 is 2.64 bits per heavy atom. The molecule has 0 saturated carbocycles. The van der Waals surface area contributed by atoms with Crippen LogP contribution >= 0.6 is 0 Å². The fourth-order valence-electron chi connectivity index (χ4n) is 4.14. The molecule has 1 atom stereocenters. The van der Waals surface area contributed by atoms with Crippen LogP contribution in [0.25, 0.3) is 0 Å². The van der Waals surface area contributed by atoms with E-state index in [1.807, 2.05) is 37.8 Å². The molecule has 6 heteroatoms. The van der Waals surface area contributed by atoms with Crippen LogP contribution in [-0.4, -0.2) is 59.1 Å². The molecule has 2 aliphatic heterocycles. The Labute approximate surface area is 168 Å². The summed E-state index contributed by atoms with van der Waals surface area (Å²) in [5.41, 5.74) is 1.74. The van der Waals surface area contributed by atoms with Crippen LogP contribution in [0.2, 0.25) is 0 Å². The van der Waals surface area contributed by atoms with Gasteiger partial charge in [0.25, 0.3) is 0 Å². The van der Waals surface area contributed by atoms with E-state index in [1.54, 1.807) is 0 Å². The number of carbonyl (C=O) groups is 2. The molecule has 0 aromatic heterocycles. The summed E-state index contributed by atoms with van der Waals surface area (Å²) in [7, 11) is 0. The van der Waals surface area contributed by atoms with Crippen LogP contribution in [0, 0.1) is 6.92 Å². The van der Waals surface area contributed by atoms with Crippen LogP contribution in [0.1, 0.15) is 51.2 Å². The molecule has 28 heavy (non-hydrogen) atoms. The summed E-state index contributed by atoms with van der Waals surface area (Å²) in [6.45, 7) is 10.9. The highest BCUT2D eigenvalue weighted by atomic mass is 16.6. The number of nitrogens with one attached hydrogen (secondary N) is 1. The number of aryl methyl sites for hydroxylation is 1. The van der Waals surface area contributed by atoms with Crippen molar-refractivity contribution >= 4 is 12.0 Å². The van der Waals surface area contributed by atoms with E-state index in [0.717, 1.165) is 37.9 Å². The van der Waals surface area contributed by atoms with E-state index in [-0.39, 0.29) is 17.5 Å². The summed E-state index contributed by atoms with van der Waals surface area (Å²) in [4.78, 5) is 29.0. The van der Waals surface area contributed by atoms with Crippen molar-refractivity contribution in [2.24, 2.45) is 0 Å². The number of benzene rings is 1.